The Morgan fingerprint density at radius 1 is 1.23 bits per heavy atom. The van der Waals surface area contributed by atoms with Crippen molar-refractivity contribution in [2.24, 2.45) is 0 Å². The van der Waals surface area contributed by atoms with E-state index in [4.69, 9.17) is 9.47 Å². The largest absolute Gasteiger partial charge is 0.508 e. The molecular weight excluding hydrogens is 396 g/mol. The molecule has 2 heterocycles. The van der Waals surface area contributed by atoms with E-state index >= 15 is 0 Å². The summed E-state index contributed by atoms with van der Waals surface area (Å²) in [7, 11) is 0. The van der Waals surface area contributed by atoms with Crippen LogP contribution in [0.3, 0.4) is 0 Å². The van der Waals surface area contributed by atoms with E-state index in [0.29, 0.717) is 22.4 Å². The Kier molecular flexibility index (Phi) is 5.06. The zero-order chi connectivity index (χ0) is 22.5. The van der Waals surface area contributed by atoms with Crippen LogP contribution in [-0.2, 0) is 6.42 Å². The first-order valence-electron chi connectivity index (χ1n) is 10.2. The molecule has 3 N–H and O–H groups in total. The van der Waals surface area contributed by atoms with Gasteiger partial charge in [-0.25, -0.2) is 0 Å². The lowest BCUT2D eigenvalue weighted by molar-refractivity contribution is 0.0835. The summed E-state index contributed by atoms with van der Waals surface area (Å²) >= 11 is 0. The van der Waals surface area contributed by atoms with Crippen molar-refractivity contribution in [1.29, 1.82) is 0 Å². The summed E-state index contributed by atoms with van der Waals surface area (Å²) in [6.45, 7) is 9.31. The maximum absolute atomic E-state index is 13.1. The molecule has 0 unspecified atom stereocenters. The van der Waals surface area contributed by atoms with Gasteiger partial charge in [-0.15, -0.1) is 0 Å². The lowest BCUT2D eigenvalue weighted by Crippen LogP contribution is -2.30. The van der Waals surface area contributed by atoms with Crippen LogP contribution in [0.4, 0.5) is 0 Å². The lowest BCUT2D eigenvalue weighted by atomic mass is 9.87. The highest BCUT2D eigenvalue weighted by Crippen LogP contribution is 2.51. The molecule has 2 aliphatic rings. The quantitative estimate of drug-likeness (QED) is 0.629. The van der Waals surface area contributed by atoms with Gasteiger partial charge in [0.2, 0.25) is 0 Å². The van der Waals surface area contributed by atoms with E-state index in [1.54, 1.807) is 25.1 Å². The van der Waals surface area contributed by atoms with Gasteiger partial charge in [0.15, 0.2) is 5.78 Å². The van der Waals surface area contributed by atoms with Crippen LogP contribution >= 0.6 is 0 Å². The third-order valence-electron chi connectivity index (χ3n) is 5.67. The van der Waals surface area contributed by atoms with Crippen LogP contribution in [0.1, 0.15) is 60.3 Å². The Balaban J connectivity index is 1.90. The average molecular weight is 422 g/mol. The minimum atomic E-state index is -0.872. The number of aliphatic hydroxyl groups is 1. The topological polar surface area (TPSA) is 96.2 Å². The fourth-order valence-electron chi connectivity index (χ4n) is 3.89. The molecule has 0 saturated heterocycles. The summed E-state index contributed by atoms with van der Waals surface area (Å²) in [6, 6.07) is 6.46. The Hall–Kier alpha value is -3.25. The number of benzene rings is 2. The van der Waals surface area contributed by atoms with Crippen molar-refractivity contribution >= 4 is 11.9 Å². The fraction of sp³-hybridized carbons (Fsp3) is 0.320. The Labute approximate surface area is 181 Å². The molecule has 6 nitrogen and oxygen atoms in total. The molecule has 2 atom stereocenters. The number of ketones is 1. The first kappa shape index (κ1) is 21.0. The van der Waals surface area contributed by atoms with Crippen molar-refractivity contribution in [3.05, 3.63) is 64.7 Å². The molecule has 162 valence electrons. The van der Waals surface area contributed by atoms with Crippen molar-refractivity contribution in [2.45, 2.75) is 51.4 Å². The average Bonchev–Trinajstić information content (AvgIpc) is 2.70. The smallest absolute Gasteiger partial charge is 0.174 e. The number of phenolic OH excluding ortho intramolecular Hbond substituents is 2. The number of hydrogen-bond acceptors (Lipinski definition) is 6. The second-order valence-electron chi connectivity index (χ2n) is 8.70. The molecule has 31 heavy (non-hydrogen) atoms. The monoisotopic (exact) mass is 422 g/mol. The summed E-state index contributed by atoms with van der Waals surface area (Å²) < 4.78 is 12.4. The Bertz CT molecular complexity index is 1090. The highest BCUT2D eigenvalue weighted by atomic mass is 16.5. The van der Waals surface area contributed by atoms with Gasteiger partial charge in [0.1, 0.15) is 40.3 Å². The van der Waals surface area contributed by atoms with Crippen LogP contribution in [0.2, 0.25) is 0 Å². The van der Waals surface area contributed by atoms with E-state index < -0.39 is 17.8 Å². The summed E-state index contributed by atoms with van der Waals surface area (Å²) in [6.07, 6.45) is 2.26. The molecule has 0 aromatic heterocycles. The van der Waals surface area contributed by atoms with Crippen LogP contribution in [0, 0.1) is 0 Å². The lowest BCUT2D eigenvalue weighted by Gasteiger charge is -2.35. The molecule has 6 heteroatoms. The van der Waals surface area contributed by atoms with E-state index in [-0.39, 0.29) is 41.4 Å². The predicted molar refractivity (Wildman–Crippen MR) is 117 cm³/mol. The molecule has 2 aromatic carbocycles. The summed E-state index contributed by atoms with van der Waals surface area (Å²) in [5.41, 5.74) is 1.69. The van der Waals surface area contributed by atoms with Crippen molar-refractivity contribution in [3.63, 3.8) is 0 Å². The standard InChI is InChI=1S/C25H26O6/c1-13(2)18(27)11-17-23-16(9-10-25(3,4)31-23)22(29)21-19(28)12-20(30-24(17)21)14-5-7-15(26)8-6-14/h5-10,18,20,26-27,29H,1,11-12H2,2-4H3/t18-,20+/m1/s1. The molecule has 2 aromatic rings. The number of carbonyl (C=O) groups excluding carboxylic acids is 1. The van der Waals surface area contributed by atoms with Crippen LogP contribution in [0.5, 0.6) is 23.0 Å². The highest BCUT2D eigenvalue weighted by molar-refractivity contribution is 6.05. The number of ether oxygens (including phenoxy) is 2. The molecule has 4 rings (SSSR count). The molecule has 0 bridgehead atoms. The third kappa shape index (κ3) is 3.79. The minimum Gasteiger partial charge on any atom is -0.508 e. The van der Waals surface area contributed by atoms with Gasteiger partial charge in [-0.1, -0.05) is 24.3 Å². The highest BCUT2D eigenvalue weighted by Gasteiger charge is 2.38. The third-order valence-corrected chi connectivity index (χ3v) is 5.67. The van der Waals surface area contributed by atoms with Crippen LogP contribution in [0.25, 0.3) is 6.08 Å². The van der Waals surface area contributed by atoms with Gasteiger partial charge in [0.25, 0.3) is 0 Å². The fourth-order valence-corrected chi connectivity index (χ4v) is 3.89. The maximum atomic E-state index is 13.1. The number of fused-ring (bicyclic) bond motifs is 2. The number of Topliss-reactive ketones (excluding diaryl/α,β-unsaturated/α-hetero) is 1. The molecule has 0 radical (unpaired) electrons. The summed E-state index contributed by atoms with van der Waals surface area (Å²) in [5.74, 6) is 0.286. The van der Waals surface area contributed by atoms with Crippen molar-refractivity contribution < 1.29 is 29.6 Å². The van der Waals surface area contributed by atoms with Crippen molar-refractivity contribution in [3.8, 4) is 23.0 Å². The van der Waals surface area contributed by atoms with Crippen LogP contribution in [-0.4, -0.2) is 32.8 Å². The first-order valence-corrected chi connectivity index (χ1v) is 10.2. The van der Waals surface area contributed by atoms with E-state index in [1.165, 1.54) is 12.1 Å². The van der Waals surface area contributed by atoms with Gasteiger partial charge >= 0.3 is 0 Å². The second kappa shape index (κ2) is 7.46. The molecule has 0 aliphatic carbocycles. The molecule has 2 aliphatic heterocycles. The summed E-state index contributed by atoms with van der Waals surface area (Å²) in [5, 5.41) is 31.1. The van der Waals surface area contributed by atoms with Gasteiger partial charge in [0.05, 0.1) is 18.1 Å². The van der Waals surface area contributed by atoms with Gasteiger partial charge in [-0.3, -0.25) is 4.79 Å². The molecule has 0 fully saturated rings. The number of phenols is 2. The van der Waals surface area contributed by atoms with Crippen molar-refractivity contribution in [2.75, 3.05) is 0 Å². The minimum absolute atomic E-state index is 0.0443. The van der Waals surface area contributed by atoms with Crippen LogP contribution in [0.15, 0.2) is 42.5 Å². The zero-order valence-electron chi connectivity index (χ0n) is 17.8. The Morgan fingerprint density at radius 2 is 1.90 bits per heavy atom. The number of carbonyl (C=O) groups is 1. The summed E-state index contributed by atoms with van der Waals surface area (Å²) in [4.78, 5) is 13.1. The zero-order valence-corrected chi connectivity index (χ0v) is 17.8. The number of aliphatic hydroxyl groups excluding tert-OH is 1. The second-order valence-corrected chi connectivity index (χ2v) is 8.70. The van der Waals surface area contributed by atoms with E-state index in [9.17, 15) is 20.1 Å². The van der Waals surface area contributed by atoms with Crippen molar-refractivity contribution in [1.82, 2.24) is 0 Å². The SMILES string of the molecule is C=C(C)[C@H](O)Cc1c2c(c(O)c3c1O[C@H](c1ccc(O)cc1)CC3=O)C=CC(C)(C)O2. The first-order chi connectivity index (χ1) is 14.6. The molecular formula is C25H26O6. The molecule has 0 amide bonds. The van der Waals surface area contributed by atoms with Crippen LogP contribution < -0.4 is 9.47 Å². The van der Waals surface area contributed by atoms with E-state index in [0.717, 1.165) is 5.56 Å². The maximum Gasteiger partial charge on any atom is 0.174 e. The van der Waals surface area contributed by atoms with E-state index in [2.05, 4.69) is 6.58 Å². The molecule has 0 saturated carbocycles. The number of rotatable bonds is 4. The number of hydrogen-bond donors (Lipinski definition) is 3. The van der Waals surface area contributed by atoms with Gasteiger partial charge in [-0.05, 0) is 50.6 Å². The molecule has 0 spiro atoms. The Morgan fingerprint density at radius 3 is 2.55 bits per heavy atom. The number of aromatic hydroxyl groups is 2. The van der Waals surface area contributed by atoms with Gasteiger partial charge in [-0.2, -0.15) is 0 Å². The van der Waals surface area contributed by atoms with Gasteiger partial charge in [0, 0.05) is 12.0 Å². The van der Waals surface area contributed by atoms with E-state index in [1.807, 2.05) is 19.9 Å². The predicted octanol–water partition coefficient (Wildman–Crippen LogP) is 4.47. The normalized spacial score (nSPS) is 19.6. The van der Waals surface area contributed by atoms with Gasteiger partial charge < -0.3 is 24.8 Å².